The standard InChI is InChI=1S/C3H5Cl.C2H3Cl/c1-2-3-4;1-2-3/h2-3H,1H3;2H,1H2/b3-2+;. The maximum Gasteiger partial charge on any atom is -0.0000330 e. The molecule has 0 fully saturated rings. The van der Waals surface area contributed by atoms with E-state index < -0.39 is 0 Å². The van der Waals surface area contributed by atoms with Gasteiger partial charge in [-0.05, 0) is 18.0 Å². The van der Waals surface area contributed by atoms with Crippen LogP contribution in [0.2, 0.25) is 0 Å². The van der Waals surface area contributed by atoms with Gasteiger partial charge in [-0.25, -0.2) is 0 Å². The number of hydrogen-bond donors (Lipinski definition) is 0. The molecule has 2 heteroatoms. The highest BCUT2D eigenvalue weighted by atomic mass is 35.5. The second-order valence-electron chi connectivity index (χ2n) is 0.614. The van der Waals surface area contributed by atoms with Gasteiger partial charge in [0.1, 0.15) is 0 Å². The van der Waals surface area contributed by atoms with E-state index in [-0.39, 0.29) is 0 Å². The molecule has 0 amide bonds. The van der Waals surface area contributed by atoms with E-state index in [1.165, 1.54) is 11.1 Å². The highest BCUT2D eigenvalue weighted by Gasteiger charge is 1.37. The molecule has 0 bridgehead atoms. The van der Waals surface area contributed by atoms with Crippen LogP contribution in [0.15, 0.2) is 23.7 Å². The summed E-state index contributed by atoms with van der Waals surface area (Å²) >= 11 is 9.77. The minimum atomic E-state index is 1.22. The van der Waals surface area contributed by atoms with E-state index in [1.54, 1.807) is 6.08 Å². The Morgan fingerprint density at radius 2 is 1.57 bits per heavy atom. The van der Waals surface area contributed by atoms with E-state index >= 15 is 0 Å². The van der Waals surface area contributed by atoms with Gasteiger partial charge >= 0.3 is 0 Å². The van der Waals surface area contributed by atoms with Gasteiger partial charge in [0.2, 0.25) is 0 Å². The molecule has 0 atom stereocenters. The molecule has 0 radical (unpaired) electrons. The third kappa shape index (κ3) is 88.9. The van der Waals surface area contributed by atoms with Crippen LogP contribution in [0.3, 0.4) is 0 Å². The lowest BCUT2D eigenvalue weighted by molar-refractivity contribution is 1.78. The number of allylic oxidation sites excluding steroid dienone is 1. The molecular formula is C5H8Cl2. The third-order valence-corrected chi connectivity index (χ3v) is 0.378. The predicted molar refractivity (Wildman–Crippen MR) is 36.7 cm³/mol. The van der Waals surface area contributed by atoms with E-state index in [2.05, 4.69) is 6.58 Å². The SMILES string of the molecule is C/C=C/Cl.C=CCl. The monoisotopic (exact) mass is 138 g/mol. The topological polar surface area (TPSA) is 0 Å². The van der Waals surface area contributed by atoms with Crippen LogP contribution >= 0.6 is 23.2 Å². The summed E-state index contributed by atoms with van der Waals surface area (Å²) in [6, 6.07) is 0. The van der Waals surface area contributed by atoms with E-state index in [0.29, 0.717) is 0 Å². The number of halogens is 2. The summed E-state index contributed by atoms with van der Waals surface area (Å²) in [5, 5.41) is 0. The van der Waals surface area contributed by atoms with Crippen molar-refractivity contribution in [2.45, 2.75) is 6.92 Å². The molecule has 0 saturated heterocycles. The van der Waals surface area contributed by atoms with Crippen LogP contribution < -0.4 is 0 Å². The molecule has 0 saturated carbocycles. The Kier molecular flexibility index (Phi) is 24.0. The van der Waals surface area contributed by atoms with Crippen molar-refractivity contribution in [2.24, 2.45) is 0 Å². The summed E-state index contributed by atoms with van der Waals surface area (Å²) in [6.45, 7) is 4.99. The Morgan fingerprint density at radius 3 is 1.57 bits per heavy atom. The fourth-order valence-corrected chi connectivity index (χ4v) is 0. The molecule has 0 aromatic heterocycles. The summed E-state index contributed by atoms with van der Waals surface area (Å²) in [7, 11) is 0. The summed E-state index contributed by atoms with van der Waals surface area (Å²) in [4.78, 5) is 0. The molecular weight excluding hydrogens is 131 g/mol. The van der Waals surface area contributed by atoms with E-state index in [0.717, 1.165) is 0 Å². The van der Waals surface area contributed by atoms with Crippen molar-refractivity contribution in [3.05, 3.63) is 23.7 Å². The second kappa shape index (κ2) is 16.6. The first-order valence-corrected chi connectivity index (χ1v) is 2.63. The van der Waals surface area contributed by atoms with Gasteiger partial charge in [-0.3, -0.25) is 0 Å². The lowest BCUT2D eigenvalue weighted by atomic mass is 10.8. The molecule has 0 N–H and O–H groups in total. The zero-order chi connectivity index (χ0) is 6.12. The fourth-order valence-electron chi connectivity index (χ4n) is 0. The van der Waals surface area contributed by atoms with E-state index in [1.807, 2.05) is 6.92 Å². The minimum absolute atomic E-state index is 1.22. The average Bonchev–Trinajstić information content (AvgIpc) is 1.69. The fraction of sp³-hybridized carbons (Fsp3) is 0.200. The van der Waals surface area contributed by atoms with Crippen molar-refractivity contribution in [1.29, 1.82) is 0 Å². The van der Waals surface area contributed by atoms with Gasteiger partial charge in [-0.1, -0.05) is 35.9 Å². The first-order chi connectivity index (χ1) is 3.33. The van der Waals surface area contributed by atoms with Crippen molar-refractivity contribution in [2.75, 3.05) is 0 Å². The van der Waals surface area contributed by atoms with Crippen LogP contribution in [-0.4, -0.2) is 0 Å². The Bertz CT molecular complexity index is 44.0. The molecule has 0 spiro atoms. The predicted octanol–water partition coefficient (Wildman–Crippen LogP) is 3.13. The molecule has 0 aliphatic heterocycles. The normalized spacial score (nSPS) is 7.29. The second-order valence-corrected chi connectivity index (χ2v) is 1.17. The largest absolute Gasteiger partial charge is 0.0936 e. The molecule has 0 heterocycles. The smallest absolute Gasteiger partial charge is 0.0000330 e. The zero-order valence-electron chi connectivity index (χ0n) is 4.20. The van der Waals surface area contributed by atoms with Gasteiger partial charge in [0, 0.05) is 0 Å². The minimum Gasteiger partial charge on any atom is -0.0936 e. The van der Waals surface area contributed by atoms with Gasteiger partial charge in [0.25, 0.3) is 0 Å². The molecule has 0 nitrogen and oxygen atoms in total. The zero-order valence-corrected chi connectivity index (χ0v) is 5.71. The average molecular weight is 139 g/mol. The van der Waals surface area contributed by atoms with Crippen LogP contribution in [0.25, 0.3) is 0 Å². The van der Waals surface area contributed by atoms with Crippen molar-refractivity contribution >= 4 is 23.2 Å². The summed E-state index contributed by atoms with van der Waals surface area (Å²) in [5.41, 5.74) is 2.69. The summed E-state index contributed by atoms with van der Waals surface area (Å²) in [5.74, 6) is 0. The van der Waals surface area contributed by atoms with Gasteiger partial charge in [0.15, 0.2) is 0 Å². The molecule has 0 aliphatic rings. The summed E-state index contributed by atoms with van der Waals surface area (Å²) < 4.78 is 0. The van der Waals surface area contributed by atoms with E-state index in [9.17, 15) is 0 Å². The highest BCUT2D eigenvalue weighted by molar-refractivity contribution is 6.25. The van der Waals surface area contributed by atoms with Crippen molar-refractivity contribution < 1.29 is 0 Å². The first kappa shape index (κ1) is 10.1. The molecule has 0 aromatic rings. The maximum atomic E-state index is 5.01. The van der Waals surface area contributed by atoms with Gasteiger partial charge in [-0.2, -0.15) is 0 Å². The molecule has 0 aromatic carbocycles. The Hall–Kier alpha value is 0.0600. The number of rotatable bonds is 0. The van der Waals surface area contributed by atoms with Gasteiger partial charge in [-0.15, -0.1) is 0 Å². The Labute approximate surface area is 54.4 Å². The molecule has 7 heavy (non-hydrogen) atoms. The van der Waals surface area contributed by atoms with Gasteiger partial charge < -0.3 is 0 Å². The maximum absolute atomic E-state index is 5.01. The molecule has 0 unspecified atom stereocenters. The van der Waals surface area contributed by atoms with Crippen molar-refractivity contribution in [3.8, 4) is 0 Å². The van der Waals surface area contributed by atoms with Crippen LogP contribution in [-0.2, 0) is 0 Å². The Balaban J connectivity index is 0. The highest BCUT2D eigenvalue weighted by Crippen LogP contribution is 1.70. The molecule has 0 aliphatic carbocycles. The van der Waals surface area contributed by atoms with Crippen LogP contribution in [0.4, 0.5) is 0 Å². The third-order valence-electron chi connectivity index (χ3n) is 0.126. The Morgan fingerprint density at radius 1 is 1.43 bits per heavy atom. The first-order valence-electron chi connectivity index (χ1n) is 1.76. The van der Waals surface area contributed by atoms with Gasteiger partial charge in [0.05, 0.1) is 0 Å². The van der Waals surface area contributed by atoms with E-state index in [4.69, 9.17) is 23.2 Å². The van der Waals surface area contributed by atoms with Crippen LogP contribution in [0, 0.1) is 0 Å². The van der Waals surface area contributed by atoms with Crippen LogP contribution in [0.5, 0.6) is 0 Å². The van der Waals surface area contributed by atoms with Crippen molar-refractivity contribution in [1.82, 2.24) is 0 Å². The van der Waals surface area contributed by atoms with Crippen LogP contribution in [0.1, 0.15) is 6.92 Å². The number of hydrogen-bond acceptors (Lipinski definition) is 0. The molecule has 0 rings (SSSR count). The van der Waals surface area contributed by atoms with Crippen molar-refractivity contribution in [3.63, 3.8) is 0 Å². The lowest BCUT2D eigenvalue weighted by Gasteiger charge is -1.46. The lowest BCUT2D eigenvalue weighted by Crippen LogP contribution is -1.20. The summed E-state index contributed by atoms with van der Waals surface area (Å²) in [6.07, 6.45) is 1.77. The quantitative estimate of drug-likeness (QED) is 0.483. The molecule has 42 valence electrons.